The van der Waals surface area contributed by atoms with Crippen molar-refractivity contribution in [1.29, 1.82) is 5.26 Å². The van der Waals surface area contributed by atoms with Gasteiger partial charge in [0, 0.05) is 12.8 Å². The number of hydrogen-bond donors (Lipinski definition) is 0. The molecule has 0 radical (unpaired) electrons. The van der Waals surface area contributed by atoms with Gasteiger partial charge in [0.2, 0.25) is 0 Å². The molecule has 1 aromatic carbocycles. The van der Waals surface area contributed by atoms with Gasteiger partial charge in [0.25, 0.3) is 5.56 Å². The minimum atomic E-state index is -0.362. The first kappa shape index (κ1) is 21.0. The molecule has 1 aromatic heterocycles. The van der Waals surface area contributed by atoms with Crippen molar-refractivity contribution in [3.63, 3.8) is 0 Å². The summed E-state index contributed by atoms with van der Waals surface area (Å²) in [6.07, 6.45) is 2.37. The summed E-state index contributed by atoms with van der Waals surface area (Å²) in [6, 6.07) is 7.32. The smallest absolute Gasteiger partial charge is 0.263 e. The lowest BCUT2D eigenvalue weighted by atomic mass is 10.1. The number of nitriles is 1. The summed E-state index contributed by atoms with van der Waals surface area (Å²) in [7, 11) is 4.53. The minimum Gasteiger partial charge on any atom is -0.501 e. The number of ether oxygens (including phenoxy) is 3. The molecule has 0 atom stereocenters. The molecule has 7 heteroatoms. The van der Waals surface area contributed by atoms with E-state index in [4.69, 9.17) is 14.2 Å². The molecule has 148 valence electrons. The molecule has 1 heterocycles. The first-order valence-electron chi connectivity index (χ1n) is 9.00. The van der Waals surface area contributed by atoms with Gasteiger partial charge in [-0.25, -0.2) is 4.98 Å². The summed E-state index contributed by atoms with van der Waals surface area (Å²) in [5.74, 6) is 1.80. The molecule has 28 heavy (non-hydrogen) atoms. The molecule has 0 spiro atoms. The highest BCUT2D eigenvalue weighted by molar-refractivity contribution is 5.58. The fourth-order valence-electron chi connectivity index (χ4n) is 2.91. The average Bonchev–Trinajstić information content (AvgIpc) is 2.72. The Morgan fingerprint density at radius 1 is 1.25 bits per heavy atom. The predicted molar refractivity (Wildman–Crippen MR) is 106 cm³/mol. The van der Waals surface area contributed by atoms with Crippen LogP contribution in [0.5, 0.6) is 11.5 Å². The van der Waals surface area contributed by atoms with E-state index in [0.29, 0.717) is 35.2 Å². The fourth-order valence-corrected chi connectivity index (χ4v) is 2.91. The Hall–Kier alpha value is -3.27. The van der Waals surface area contributed by atoms with Crippen LogP contribution in [-0.4, -0.2) is 30.9 Å². The second-order valence-electron chi connectivity index (χ2n) is 6.14. The largest absolute Gasteiger partial charge is 0.501 e. The van der Waals surface area contributed by atoms with Crippen LogP contribution < -0.4 is 15.0 Å². The molecule has 0 bridgehead atoms. The van der Waals surface area contributed by atoms with Crippen molar-refractivity contribution in [2.24, 2.45) is 0 Å². The van der Waals surface area contributed by atoms with E-state index in [9.17, 15) is 10.1 Å². The summed E-state index contributed by atoms with van der Waals surface area (Å²) >= 11 is 0. The van der Waals surface area contributed by atoms with Crippen LogP contribution in [0.3, 0.4) is 0 Å². The third-order valence-corrected chi connectivity index (χ3v) is 4.39. The van der Waals surface area contributed by atoms with Crippen LogP contribution in [-0.2, 0) is 17.6 Å². The Labute approximate surface area is 164 Å². The van der Waals surface area contributed by atoms with Gasteiger partial charge >= 0.3 is 0 Å². The maximum atomic E-state index is 13.5. The topological polar surface area (TPSA) is 86.4 Å². The Morgan fingerprint density at radius 2 is 1.89 bits per heavy atom. The Balaban J connectivity index is 2.89. The van der Waals surface area contributed by atoms with Crippen molar-refractivity contribution in [1.82, 2.24) is 9.55 Å². The zero-order valence-electron chi connectivity index (χ0n) is 16.7. The number of aromatic nitrogens is 2. The van der Waals surface area contributed by atoms with Crippen LogP contribution >= 0.6 is 0 Å². The second kappa shape index (κ2) is 9.60. The van der Waals surface area contributed by atoms with E-state index in [1.165, 1.54) is 25.9 Å². The number of para-hydroxylation sites is 1. The van der Waals surface area contributed by atoms with Crippen molar-refractivity contribution in [3.05, 3.63) is 58.0 Å². The number of unbranched alkanes of at least 4 members (excludes halogenated alkanes) is 1. The number of methoxy groups -OCH3 is 3. The van der Waals surface area contributed by atoms with Crippen molar-refractivity contribution in [3.8, 4) is 23.3 Å². The molecule has 0 N–H and O–H groups in total. The third kappa shape index (κ3) is 4.17. The van der Waals surface area contributed by atoms with E-state index in [2.05, 4.69) is 11.6 Å². The van der Waals surface area contributed by atoms with Gasteiger partial charge in [-0.05, 0) is 18.6 Å². The number of hydrogen-bond acceptors (Lipinski definition) is 6. The first-order valence-corrected chi connectivity index (χ1v) is 9.00. The van der Waals surface area contributed by atoms with E-state index >= 15 is 0 Å². The lowest BCUT2D eigenvalue weighted by Gasteiger charge is -2.19. The summed E-state index contributed by atoms with van der Waals surface area (Å²) < 4.78 is 17.5. The molecule has 0 saturated carbocycles. The predicted octanol–water partition coefficient (Wildman–Crippen LogP) is 3.17. The van der Waals surface area contributed by atoms with E-state index in [-0.39, 0.29) is 23.2 Å². The van der Waals surface area contributed by atoms with Gasteiger partial charge in [-0.2, -0.15) is 5.26 Å². The highest BCUT2D eigenvalue weighted by atomic mass is 16.5. The summed E-state index contributed by atoms with van der Waals surface area (Å²) in [5, 5.41) is 9.56. The number of rotatable bonds is 9. The van der Waals surface area contributed by atoms with Gasteiger partial charge in [-0.1, -0.05) is 26.0 Å². The Bertz CT molecular complexity index is 935. The van der Waals surface area contributed by atoms with Gasteiger partial charge in [-0.15, -0.1) is 0 Å². The lowest BCUT2D eigenvalue weighted by molar-refractivity contribution is 0.285. The average molecular weight is 383 g/mol. The van der Waals surface area contributed by atoms with Gasteiger partial charge < -0.3 is 14.2 Å². The molecule has 7 nitrogen and oxygen atoms in total. The highest BCUT2D eigenvalue weighted by Crippen LogP contribution is 2.32. The third-order valence-electron chi connectivity index (χ3n) is 4.39. The van der Waals surface area contributed by atoms with Crippen LogP contribution in [0.25, 0.3) is 5.69 Å². The highest BCUT2D eigenvalue weighted by Gasteiger charge is 2.23. The van der Waals surface area contributed by atoms with Crippen LogP contribution in [0, 0.1) is 11.3 Å². The van der Waals surface area contributed by atoms with Crippen molar-refractivity contribution >= 4 is 0 Å². The molecule has 0 aliphatic heterocycles. The van der Waals surface area contributed by atoms with Gasteiger partial charge in [0.05, 0.1) is 32.7 Å². The monoisotopic (exact) mass is 383 g/mol. The molecule has 0 aliphatic carbocycles. The van der Waals surface area contributed by atoms with Crippen molar-refractivity contribution < 1.29 is 14.2 Å². The van der Waals surface area contributed by atoms with Crippen LogP contribution in [0.4, 0.5) is 0 Å². The van der Waals surface area contributed by atoms with Crippen molar-refractivity contribution in [2.45, 2.75) is 32.6 Å². The number of aryl methyl sites for hydroxylation is 1. The number of nitrogens with zero attached hydrogens (tertiary/aromatic N) is 3. The van der Waals surface area contributed by atoms with Crippen LogP contribution in [0.1, 0.15) is 36.8 Å². The van der Waals surface area contributed by atoms with Gasteiger partial charge in [-0.3, -0.25) is 9.36 Å². The SMILES string of the molecule is C=C(Cc1c(C#N)nc(CCCC)n(-c2c(OC)cccc2OC)c1=O)OC. The van der Waals surface area contributed by atoms with E-state index in [1.807, 2.05) is 13.0 Å². The standard InChI is InChI=1S/C21H25N3O4/c1-6-7-11-19-23-16(13-22)15(12-14(2)26-3)21(25)24(19)20-17(27-4)9-8-10-18(20)28-5/h8-10H,2,6-7,11-12H2,1,3-5H3. The quantitative estimate of drug-likeness (QED) is 0.618. The fraction of sp³-hybridized carbons (Fsp3) is 0.381. The van der Waals surface area contributed by atoms with Gasteiger partial charge in [0.1, 0.15) is 29.1 Å². The summed E-state index contributed by atoms with van der Waals surface area (Å²) in [4.78, 5) is 18.0. The first-order chi connectivity index (χ1) is 13.5. The molecule has 0 amide bonds. The zero-order chi connectivity index (χ0) is 20.7. The van der Waals surface area contributed by atoms with Crippen molar-refractivity contribution in [2.75, 3.05) is 21.3 Å². The molecule has 2 aromatic rings. The molecule has 0 aliphatic rings. The Kier molecular flexibility index (Phi) is 7.21. The van der Waals surface area contributed by atoms with E-state index in [1.54, 1.807) is 18.2 Å². The molecule has 0 fully saturated rings. The molecule has 0 unspecified atom stereocenters. The number of allylic oxidation sites excluding steroid dienone is 1. The minimum absolute atomic E-state index is 0.0828. The second-order valence-corrected chi connectivity index (χ2v) is 6.14. The van der Waals surface area contributed by atoms with Crippen LogP contribution in [0.15, 0.2) is 35.3 Å². The summed E-state index contributed by atoms with van der Waals surface area (Å²) in [6.45, 7) is 5.82. The zero-order valence-corrected chi connectivity index (χ0v) is 16.7. The maximum absolute atomic E-state index is 13.5. The molecule has 2 rings (SSSR count). The number of benzene rings is 1. The van der Waals surface area contributed by atoms with E-state index in [0.717, 1.165) is 12.8 Å². The molecular formula is C21H25N3O4. The molecule has 0 saturated heterocycles. The lowest BCUT2D eigenvalue weighted by Crippen LogP contribution is -2.29. The Morgan fingerprint density at radius 3 is 2.39 bits per heavy atom. The molecular weight excluding hydrogens is 358 g/mol. The van der Waals surface area contributed by atoms with Gasteiger partial charge in [0.15, 0.2) is 5.69 Å². The summed E-state index contributed by atoms with van der Waals surface area (Å²) in [5.41, 5.74) is 0.408. The maximum Gasteiger partial charge on any atom is 0.263 e. The normalized spacial score (nSPS) is 10.2. The van der Waals surface area contributed by atoms with E-state index < -0.39 is 0 Å². The van der Waals surface area contributed by atoms with Crippen LogP contribution in [0.2, 0.25) is 0 Å².